The molecule has 3 aromatic rings. The molecule has 2 saturated heterocycles. The van der Waals surface area contributed by atoms with Crippen molar-refractivity contribution in [1.29, 1.82) is 5.26 Å². The lowest BCUT2D eigenvalue weighted by Crippen LogP contribution is -2.59. The predicted molar refractivity (Wildman–Crippen MR) is 117 cm³/mol. The molecular formula is C23H22F2N8O2. The summed E-state index contributed by atoms with van der Waals surface area (Å²) in [6.07, 6.45) is 2.45. The Morgan fingerprint density at radius 3 is 2.86 bits per heavy atom. The molecule has 12 heteroatoms. The molecule has 0 unspecified atom stereocenters. The number of piperazine rings is 1. The summed E-state index contributed by atoms with van der Waals surface area (Å²) < 4.78 is 35.5. The second-order valence-corrected chi connectivity index (χ2v) is 8.64. The number of amides is 1. The molecule has 1 aromatic carbocycles. The average Bonchev–Trinajstić information content (AvgIpc) is 3.38. The van der Waals surface area contributed by atoms with E-state index < -0.39 is 11.6 Å². The Morgan fingerprint density at radius 1 is 1.26 bits per heavy atom. The Hall–Kier alpha value is -3.82. The summed E-state index contributed by atoms with van der Waals surface area (Å²) in [5.74, 6) is -1.30. The van der Waals surface area contributed by atoms with E-state index in [2.05, 4.69) is 25.4 Å². The third-order valence-electron chi connectivity index (χ3n) is 6.56. The van der Waals surface area contributed by atoms with Gasteiger partial charge < -0.3 is 9.64 Å². The molecule has 2 aromatic heterocycles. The maximum Gasteiger partial charge on any atom is 0.227 e. The van der Waals surface area contributed by atoms with Crippen LogP contribution in [0.25, 0.3) is 5.82 Å². The molecule has 2 aliphatic heterocycles. The molecule has 0 radical (unpaired) electrons. The van der Waals surface area contributed by atoms with Gasteiger partial charge in [0.25, 0.3) is 0 Å². The van der Waals surface area contributed by atoms with Crippen molar-refractivity contribution in [2.24, 2.45) is 0 Å². The van der Waals surface area contributed by atoms with E-state index in [0.717, 1.165) is 10.2 Å². The lowest BCUT2D eigenvalue weighted by Gasteiger charge is -2.46. The van der Waals surface area contributed by atoms with Crippen LogP contribution in [0.2, 0.25) is 0 Å². The van der Waals surface area contributed by atoms with E-state index in [0.29, 0.717) is 43.9 Å². The van der Waals surface area contributed by atoms with Crippen LogP contribution in [0.4, 0.5) is 8.78 Å². The van der Waals surface area contributed by atoms with Gasteiger partial charge in [-0.1, -0.05) is 6.07 Å². The summed E-state index contributed by atoms with van der Waals surface area (Å²) in [7, 11) is 0. The van der Waals surface area contributed by atoms with Crippen LogP contribution in [0, 0.1) is 29.9 Å². The molecule has 1 amide bonds. The highest BCUT2D eigenvalue weighted by molar-refractivity contribution is 5.79. The first kappa shape index (κ1) is 22.9. The molecule has 35 heavy (non-hydrogen) atoms. The predicted octanol–water partition coefficient (Wildman–Crippen LogP) is 1.34. The third-order valence-corrected chi connectivity index (χ3v) is 6.56. The summed E-state index contributed by atoms with van der Waals surface area (Å²) >= 11 is 0. The van der Waals surface area contributed by atoms with Crippen molar-refractivity contribution < 1.29 is 18.3 Å². The van der Waals surface area contributed by atoms with E-state index in [9.17, 15) is 18.8 Å². The van der Waals surface area contributed by atoms with Gasteiger partial charge in [0.15, 0.2) is 11.6 Å². The normalized spacial score (nSPS) is 20.3. The number of nitrogens with zero attached hydrogens (tertiary/aromatic N) is 8. The van der Waals surface area contributed by atoms with E-state index in [1.54, 1.807) is 17.9 Å². The lowest BCUT2D eigenvalue weighted by atomic mass is 9.96. The Balaban J connectivity index is 1.21. The van der Waals surface area contributed by atoms with Crippen LogP contribution in [0.1, 0.15) is 28.4 Å². The summed E-state index contributed by atoms with van der Waals surface area (Å²) in [5.41, 5.74) is 1.91. The van der Waals surface area contributed by atoms with Gasteiger partial charge in [-0.3, -0.25) is 9.69 Å². The first-order valence-electron chi connectivity index (χ1n) is 11.1. The molecule has 2 aliphatic rings. The smallest absolute Gasteiger partial charge is 0.227 e. The largest absolute Gasteiger partial charge is 0.370 e. The number of hydrogen-bond acceptors (Lipinski definition) is 8. The average molecular weight is 480 g/mol. The van der Waals surface area contributed by atoms with Gasteiger partial charge in [0.1, 0.15) is 18.2 Å². The van der Waals surface area contributed by atoms with Crippen molar-refractivity contribution in [3.05, 3.63) is 64.6 Å². The van der Waals surface area contributed by atoms with Gasteiger partial charge in [0.2, 0.25) is 5.91 Å². The number of carbonyl (C=O) groups is 1. The molecule has 10 nitrogen and oxygen atoms in total. The molecule has 5 rings (SSSR count). The number of tetrazole rings is 1. The Morgan fingerprint density at radius 2 is 2.11 bits per heavy atom. The first-order valence-corrected chi connectivity index (χ1v) is 11.1. The SMILES string of the molecule is Cc1c([C@@H]2CN3CCN(C(=O)Cc4cnc(-n5cnnn5)c(F)c4)C[C@@H]3CO2)ccc(F)c1C#N. The minimum Gasteiger partial charge on any atom is -0.370 e. The van der Waals surface area contributed by atoms with Crippen LogP contribution < -0.4 is 0 Å². The summed E-state index contributed by atoms with van der Waals surface area (Å²) in [4.78, 5) is 21.0. The van der Waals surface area contributed by atoms with Crippen LogP contribution in [-0.4, -0.2) is 79.7 Å². The van der Waals surface area contributed by atoms with E-state index in [1.165, 1.54) is 24.7 Å². The second-order valence-electron chi connectivity index (χ2n) is 8.64. The fourth-order valence-electron chi connectivity index (χ4n) is 4.66. The zero-order chi connectivity index (χ0) is 24.5. The van der Waals surface area contributed by atoms with Crippen LogP contribution >= 0.6 is 0 Å². The minimum absolute atomic E-state index is 0.0252. The highest BCUT2D eigenvalue weighted by atomic mass is 19.1. The lowest BCUT2D eigenvalue weighted by molar-refractivity contribution is -0.139. The quantitative estimate of drug-likeness (QED) is 0.550. The van der Waals surface area contributed by atoms with Crippen molar-refractivity contribution in [1.82, 2.24) is 35.0 Å². The van der Waals surface area contributed by atoms with Crippen LogP contribution in [0.5, 0.6) is 0 Å². The molecular weight excluding hydrogens is 458 g/mol. The number of pyridine rings is 1. The van der Waals surface area contributed by atoms with E-state index in [1.807, 2.05) is 6.07 Å². The standard InChI is InChI=1S/C23H22F2N8O2/c1-14-17(2-3-19(24)18(14)8-26)21-11-31-4-5-32(10-16(31)12-35-21)22(34)7-15-6-20(25)23(27-9-15)33-13-28-29-30-33/h2-3,6,9,13,16,21H,4-5,7,10-12H2,1H3/t16-,21+/m1/s1. The van der Waals surface area contributed by atoms with Gasteiger partial charge in [-0.15, -0.1) is 5.10 Å². The van der Waals surface area contributed by atoms with Crippen molar-refractivity contribution in [2.75, 3.05) is 32.8 Å². The van der Waals surface area contributed by atoms with Crippen molar-refractivity contribution in [3.8, 4) is 11.9 Å². The Kier molecular flexibility index (Phi) is 6.19. The molecule has 2 atom stereocenters. The number of ether oxygens (including phenoxy) is 1. The highest BCUT2D eigenvalue weighted by Crippen LogP contribution is 2.31. The van der Waals surface area contributed by atoms with Crippen molar-refractivity contribution in [2.45, 2.75) is 25.5 Å². The molecule has 2 fully saturated rings. The minimum atomic E-state index is -0.616. The maximum atomic E-state index is 14.4. The number of aromatic nitrogens is 5. The van der Waals surface area contributed by atoms with Crippen LogP contribution in [-0.2, 0) is 16.0 Å². The van der Waals surface area contributed by atoms with Gasteiger partial charge in [-0.25, -0.2) is 13.8 Å². The number of hydrogen-bond donors (Lipinski definition) is 0. The molecule has 0 aliphatic carbocycles. The van der Waals surface area contributed by atoms with E-state index >= 15 is 0 Å². The monoisotopic (exact) mass is 480 g/mol. The van der Waals surface area contributed by atoms with Gasteiger partial charge in [0.05, 0.1) is 30.7 Å². The second kappa shape index (κ2) is 9.44. The molecule has 0 N–H and O–H groups in total. The fraction of sp³-hybridized carbons (Fsp3) is 0.391. The van der Waals surface area contributed by atoms with Gasteiger partial charge in [-0.05, 0) is 46.2 Å². The molecule has 180 valence electrons. The maximum absolute atomic E-state index is 14.4. The molecule has 4 heterocycles. The summed E-state index contributed by atoms with van der Waals surface area (Å²) in [6.45, 7) is 4.42. The Labute approximate surface area is 199 Å². The summed E-state index contributed by atoms with van der Waals surface area (Å²) in [6, 6.07) is 6.20. The van der Waals surface area contributed by atoms with Gasteiger partial charge >= 0.3 is 0 Å². The number of fused-ring (bicyclic) bond motifs is 1. The van der Waals surface area contributed by atoms with Crippen molar-refractivity contribution >= 4 is 5.91 Å². The molecule has 0 saturated carbocycles. The number of rotatable bonds is 4. The van der Waals surface area contributed by atoms with E-state index in [4.69, 9.17) is 4.74 Å². The van der Waals surface area contributed by atoms with Gasteiger partial charge in [-0.2, -0.15) is 9.94 Å². The molecule has 0 bridgehead atoms. The van der Waals surface area contributed by atoms with Crippen LogP contribution in [0.15, 0.2) is 30.7 Å². The van der Waals surface area contributed by atoms with E-state index in [-0.39, 0.29) is 35.9 Å². The number of carbonyl (C=O) groups excluding carboxylic acids is 1. The van der Waals surface area contributed by atoms with Crippen LogP contribution in [0.3, 0.4) is 0 Å². The number of nitriles is 1. The first-order chi connectivity index (χ1) is 16.9. The van der Waals surface area contributed by atoms with Crippen molar-refractivity contribution in [3.63, 3.8) is 0 Å². The zero-order valence-electron chi connectivity index (χ0n) is 18.9. The summed E-state index contributed by atoms with van der Waals surface area (Å²) in [5, 5.41) is 19.8. The highest BCUT2D eigenvalue weighted by Gasteiger charge is 2.36. The topological polar surface area (TPSA) is 113 Å². The number of benzene rings is 1. The fourth-order valence-corrected chi connectivity index (χ4v) is 4.66. The number of morpholine rings is 1. The van der Waals surface area contributed by atoms with Gasteiger partial charge in [0, 0.05) is 32.4 Å². The molecule has 0 spiro atoms. The Bertz CT molecular complexity index is 1290. The number of halogens is 2. The zero-order valence-corrected chi connectivity index (χ0v) is 18.9. The third kappa shape index (κ3) is 4.48.